The van der Waals surface area contributed by atoms with Gasteiger partial charge in [0, 0.05) is 50.5 Å². The molecule has 0 amide bonds. The van der Waals surface area contributed by atoms with Gasteiger partial charge < -0.3 is 5.32 Å². The molecule has 4 nitrogen and oxygen atoms in total. The van der Waals surface area contributed by atoms with Gasteiger partial charge in [0.15, 0.2) is 0 Å². The summed E-state index contributed by atoms with van der Waals surface area (Å²) < 4.78 is 1.88. The van der Waals surface area contributed by atoms with Crippen molar-refractivity contribution in [1.82, 2.24) is 20.0 Å². The number of hydrogen-bond donors (Lipinski definition) is 1. The van der Waals surface area contributed by atoms with Crippen molar-refractivity contribution in [1.29, 1.82) is 0 Å². The molecule has 1 aromatic rings. The highest BCUT2D eigenvalue weighted by molar-refractivity contribution is 5.04. The largest absolute Gasteiger partial charge is 0.311 e. The van der Waals surface area contributed by atoms with Crippen molar-refractivity contribution in [3.8, 4) is 0 Å². The Kier molecular flexibility index (Phi) is 4.18. The van der Waals surface area contributed by atoms with Crippen molar-refractivity contribution < 1.29 is 0 Å². The molecule has 1 aliphatic heterocycles. The molecule has 1 N–H and O–H groups in total. The minimum absolute atomic E-state index is 0.648. The predicted octanol–water partition coefficient (Wildman–Crippen LogP) is 1.38. The highest BCUT2D eigenvalue weighted by atomic mass is 15.3. The number of hydrogen-bond acceptors (Lipinski definition) is 3. The molecule has 0 radical (unpaired) electrons. The molecule has 96 valence electrons. The van der Waals surface area contributed by atoms with Gasteiger partial charge in [0.1, 0.15) is 0 Å². The lowest BCUT2D eigenvalue weighted by molar-refractivity contribution is 0.117. The number of aromatic nitrogens is 2. The Balaban J connectivity index is 2.00. The molecular formula is C13H24N4. The van der Waals surface area contributed by atoms with E-state index < -0.39 is 0 Å². The van der Waals surface area contributed by atoms with Crippen molar-refractivity contribution in [3.05, 3.63) is 18.0 Å². The van der Waals surface area contributed by atoms with E-state index in [9.17, 15) is 0 Å². The molecule has 17 heavy (non-hydrogen) atoms. The Labute approximate surface area is 104 Å². The highest BCUT2D eigenvalue weighted by Gasteiger charge is 2.25. The SMILES string of the molecule is CCC1CN(Cc2cnn(C)c2)C(CC)CN1. The van der Waals surface area contributed by atoms with Gasteiger partial charge in [-0.15, -0.1) is 0 Å². The molecular weight excluding hydrogens is 212 g/mol. The molecule has 0 spiro atoms. The van der Waals surface area contributed by atoms with Crippen LogP contribution in [0.5, 0.6) is 0 Å². The van der Waals surface area contributed by atoms with Gasteiger partial charge in [-0.2, -0.15) is 5.10 Å². The first kappa shape index (κ1) is 12.6. The van der Waals surface area contributed by atoms with Crippen molar-refractivity contribution in [2.75, 3.05) is 13.1 Å². The zero-order valence-corrected chi connectivity index (χ0v) is 11.2. The van der Waals surface area contributed by atoms with Crippen LogP contribution in [0.2, 0.25) is 0 Å². The zero-order valence-electron chi connectivity index (χ0n) is 11.2. The van der Waals surface area contributed by atoms with Gasteiger partial charge in [-0.05, 0) is 12.8 Å². The quantitative estimate of drug-likeness (QED) is 0.857. The third-order valence-corrected chi connectivity index (χ3v) is 3.72. The second kappa shape index (κ2) is 5.65. The van der Waals surface area contributed by atoms with Gasteiger partial charge in [-0.1, -0.05) is 13.8 Å². The maximum absolute atomic E-state index is 4.25. The Bertz CT molecular complexity index is 347. The molecule has 0 saturated carbocycles. The first-order chi connectivity index (χ1) is 8.22. The van der Waals surface area contributed by atoms with Crippen molar-refractivity contribution >= 4 is 0 Å². The van der Waals surface area contributed by atoms with E-state index in [-0.39, 0.29) is 0 Å². The maximum Gasteiger partial charge on any atom is 0.0534 e. The van der Waals surface area contributed by atoms with Gasteiger partial charge in [-0.3, -0.25) is 9.58 Å². The standard InChI is InChI=1S/C13H24N4/c1-4-12-10-17(13(5-2)7-14-12)9-11-6-15-16(3)8-11/h6,8,12-14H,4-5,7,9-10H2,1-3H3. The zero-order chi connectivity index (χ0) is 12.3. The molecule has 4 heteroatoms. The number of piperazine rings is 1. The van der Waals surface area contributed by atoms with Gasteiger partial charge in [0.05, 0.1) is 6.20 Å². The van der Waals surface area contributed by atoms with E-state index in [0.29, 0.717) is 12.1 Å². The molecule has 2 atom stereocenters. The monoisotopic (exact) mass is 236 g/mol. The van der Waals surface area contributed by atoms with Crippen molar-refractivity contribution in [2.45, 2.75) is 45.3 Å². The van der Waals surface area contributed by atoms with E-state index in [4.69, 9.17) is 0 Å². The van der Waals surface area contributed by atoms with E-state index in [1.165, 1.54) is 18.4 Å². The smallest absolute Gasteiger partial charge is 0.0534 e. The predicted molar refractivity (Wildman–Crippen MR) is 69.8 cm³/mol. The summed E-state index contributed by atoms with van der Waals surface area (Å²) in [5, 5.41) is 7.87. The third kappa shape index (κ3) is 3.07. The number of rotatable bonds is 4. The average Bonchev–Trinajstić information content (AvgIpc) is 2.74. The number of nitrogens with one attached hydrogen (secondary N) is 1. The third-order valence-electron chi connectivity index (χ3n) is 3.72. The van der Waals surface area contributed by atoms with Crippen LogP contribution >= 0.6 is 0 Å². The van der Waals surface area contributed by atoms with Crippen LogP contribution in [0.3, 0.4) is 0 Å². The summed E-state index contributed by atoms with van der Waals surface area (Å²) in [5.41, 5.74) is 1.32. The Morgan fingerprint density at radius 3 is 2.82 bits per heavy atom. The van der Waals surface area contributed by atoms with E-state index in [2.05, 4.69) is 35.4 Å². The second-order valence-corrected chi connectivity index (χ2v) is 5.03. The Morgan fingerprint density at radius 2 is 2.24 bits per heavy atom. The average molecular weight is 236 g/mol. The lowest BCUT2D eigenvalue weighted by atomic mass is 10.0. The molecule has 1 saturated heterocycles. The summed E-state index contributed by atoms with van der Waals surface area (Å²) >= 11 is 0. The normalized spacial score (nSPS) is 26.3. The lowest BCUT2D eigenvalue weighted by Crippen LogP contribution is -2.55. The summed E-state index contributed by atoms with van der Waals surface area (Å²) in [6.07, 6.45) is 6.52. The van der Waals surface area contributed by atoms with E-state index in [0.717, 1.165) is 19.6 Å². The van der Waals surface area contributed by atoms with Crippen molar-refractivity contribution in [2.24, 2.45) is 7.05 Å². The molecule has 1 fully saturated rings. The fourth-order valence-electron chi connectivity index (χ4n) is 2.59. The Hall–Kier alpha value is -0.870. The van der Waals surface area contributed by atoms with E-state index in [1.54, 1.807) is 0 Å². The summed E-state index contributed by atoms with van der Waals surface area (Å²) in [6, 6.07) is 1.31. The van der Waals surface area contributed by atoms with Gasteiger partial charge in [0.25, 0.3) is 0 Å². The molecule has 2 rings (SSSR count). The first-order valence-corrected chi connectivity index (χ1v) is 6.67. The number of nitrogens with zero attached hydrogens (tertiary/aromatic N) is 3. The summed E-state index contributed by atoms with van der Waals surface area (Å²) in [4.78, 5) is 2.60. The molecule has 0 aromatic carbocycles. The second-order valence-electron chi connectivity index (χ2n) is 5.03. The topological polar surface area (TPSA) is 33.1 Å². The lowest BCUT2D eigenvalue weighted by Gasteiger charge is -2.39. The minimum atomic E-state index is 0.648. The minimum Gasteiger partial charge on any atom is -0.311 e. The maximum atomic E-state index is 4.25. The van der Waals surface area contributed by atoms with E-state index in [1.807, 2.05) is 17.9 Å². The molecule has 0 aliphatic carbocycles. The van der Waals surface area contributed by atoms with Crippen LogP contribution in [0.1, 0.15) is 32.3 Å². The first-order valence-electron chi connectivity index (χ1n) is 6.67. The summed E-state index contributed by atoms with van der Waals surface area (Å²) in [5.74, 6) is 0. The van der Waals surface area contributed by atoms with Gasteiger partial charge in [0.2, 0.25) is 0 Å². The van der Waals surface area contributed by atoms with Crippen LogP contribution in [0.15, 0.2) is 12.4 Å². The van der Waals surface area contributed by atoms with Crippen LogP contribution in [0.25, 0.3) is 0 Å². The summed E-state index contributed by atoms with van der Waals surface area (Å²) in [7, 11) is 1.98. The van der Waals surface area contributed by atoms with Crippen molar-refractivity contribution in [3.63, 3.8) is 0 Å². The molecule has 1 aliphatic rings. The molecule has 2 heterocycles. The van der Waals surface area contributed by atoms with Crippen LogP contribution < -0.4 is 5.32 Å². The molecule has 0 bridgehead atoms. The van der Waals surface area contributed by atoms with Crippen LogP contribution in [-0.2, 0) is 13.6 Å². The van der Waals surface area contributed by atoms with Crippen LogP contribution in [0, 0.1) is 0 Å². The van der Waals surface area contributed by atoms with Crippen LogP contribution in [-0.4, -0.2) is 39.9 Å². The molecule has 2 unspecified atom stereocenters. The van der Waals surface area contributed by atoms with Crippen LogP contribution in [0.4, 0.5) is 0 Å². The number of aryl methyl sites for hydroxylation is 1. The fraction of sp³-hybridized carbons (Fsp3) is 0.769. The van der Waals surface area contributed by atoms with Gasteiger partial charge >= 0.3 is 0 Å². The van der Waals surface area contributed by atoms with E-state index >= 15 is 0 Å². The summed E-state index contributed by atoms with van der Waals surface area (Å²) in [6.45, 7) is 7.84. The fourth-order valence-corrected chi connectivity index (χ4v) is 2.59. The molecule has 1 aromatic heterocycles. The Morgan fingerprint density at radius 1 is 1.41 bits per heavy atom. The van der Waals surface area contributed by atoms with Gasteiger partial charge in [-0.25, -0.2) is 0 Å². The highest BCUT2D eigenvalue weighted by Crippen LogP contribution is 2.15.